The van der Waals surface area contributed by atoms with Crippen molar-refractivity contribution in [2.45, 2.75) is 6.54 Å². The predicted molar refractivity (Wildman–Crippen MR) is 54.7 cm³/mol. The molecular weight excluding hydrogens is 174 g/mol. The van der Waals surface area contributed by atoms with Crippen LogP contribution in [0.4, 0.5) is 0 Å². The van der Waals surface area contributed by atoms with Gasteiger partial charge in [-0.3, -0.25) is 0 Å². The zero-order valence-corrected chi connectivity index (χ0v) is 7.81. The first-order valence-electron chi connectivity index (χ1n) is 4.80. The van der Waals surface area contributed by atoms with Crippen molar-refractivity contribution >= 4 is 0 Å². The molecule has 0 aliphatic carbocycles. The van der Waals surface area contributed by atoms with Crippen LogP contribution in [0.3, 0.4) is 0 Å². The molecule has 70 valence electrons. The molecule has 0 saturated carbocycles. The van der Waals surface area contributed by atoms with Crippen molar-refractivity contribution < 1.29 is 4.74 Å². The SMILES string of the molecule is C1=CC2=COc3ccccc3CN2C1. The van der Waals surface area contributed by atoms with Crippen LogP contribution < -0.4 is 4.74 Å². The van der Waals surface area contributed by atoms with Crippen molar-refractivity contribution in [3.8, 4) is 5.75 Å². The van der Waals surface area contributed by atoms with Crippen molar-refractivity contribution in [3.05, 3.63) is 53.9 Å². The van der Waals surface area contributed by atoms with E-state index in [9.17, 15) is 0 Å². The van der Waals surface area contributed by atoms with E-state index >= 15 is 0 Å². The van der Waals surface area contributed by atoms with E-state index in [4.69, 9.17) is 4.74 Å². The molecular formula is C12H11NO. The number of ether oxygens (including phenoxy) is 1. The third-order valence-electron chi connectivity index (χ3n) is 2.62. The maximum atomic E-state index is 5.61. The smallest absolute Gasteiger partial charge is 0.131 e. The Bertz CT molecular complexity index is 420. The van der Waals surface area contributed by atoms with Crippen molar-refractivity contribution in [1.82, 2.24) is 4.90 Å². The van der Waals surface area contributed by atoms with Crippen molar-refractivity contribution in [3.63, 3.8) is 0 Å². The molecule has 1 aromatic carbocycles. The lowest BCUT2D eigenvalue weighted by atomic mass is 10.2. The molecule has 0 saturated heterocycles. The van der Waals surface area contributed by atoms with Gasteiger partial charge in [-0.05, 0) is 12.1 Å². The Hall–Kier alpha value is -1.70. The zero-order valence-electron chi connectivity index (χ0n) is 7.81. The Morgan fingerprint density at radius 3 is 3.14 bits per heavy atom. The Labute approximate surface area is 83.1 Å². The molecule has 3 rings (SSSR count). The van der Waals surface area contributed by atoms with Crippen LogP contribution in [0, 0.1) is 0 Å². The van der Waals surface area contributed by atoms with Gasteiger partial charge in [0, 0.05) is 18.7 Å². The predicted octanol–water partition coefficient (Wildman–Crippen LogP) is 2.29. The first-order chi connectivity index (χ1) is 6.93. The maximum Gasteiger partial charge on any atom is 0.131 e. The zero-order chi connectivity index (χ0) is 9.38. The minimum absolute atomic E-state index is 0.939. The molecule has 2 heteroatoms. The van der Waals surface area contributed by atoms with Crippen LogP contribution >= 0.6 is 0 Å². The van der Waals surface area contributed by atoms with E-state index in [2.05, 4.69) is 29.2 Å². The number of hydrogen-bond acceptors (Lipinski definition) is 2. The minimum Gasteiger partial charge on any atom is -0.462 e. The molecule has 0 aromatic heterocycles. The molecule has 2 heterocycles. The number of nitrogens with zero attached hydrogens (tertiary/aromatic N) is 1. The molecule has 0 spiro atoms. The lowest BCUT2D eigenvalue weighted by Crippen LogP contribution is -2.16. The topological polar surface area (TPSA) is 12.5 Å². The molecule has 2 nitrogen and oxygen atoms in total. The highest BCUT2D eigenvalue weighted by Gasteiger charge is 2.17. The number of hydrogen-bond donors (Lipinski definition) is 0. The van der Waals surface area contributed by atoms with Gasteiger partial charge < -0.3 is 9.64 Å². The molecule has 14 heavy (non-hydrogen) atoms. The summed E-state index contributed by atoms with van der Waals surface area (Å²) in [5.74, 6) is 0.975. The van der Waals surface area contributed by atoms with E-state index in [0.717, 1.165) is 18.8 Å². The Morgan fingerprint density at radius 2 is 2.14 bits per heavy atom. The van der Waals surface area contributed by atoms with Crippen LogP contribution in [-0.2, 0) is 6.54 Å². The second kappa shape index (κ2) is 2.91. The molecule has 0 N–H and O–H groups in total. The van der Waals surface area contributed by atoms with Gasteiger partial charge in [-0.25, -0.2) is 0 Å². The van der Waals surface area contributed by atoms with Crippen molar-refractivity contribution in [2.75, 3.05) is 6.54 Å². The van der Waals surface area contributed by atoms with Crippen molar-refractivity contribution in [1.29, 1.82) is 0 Å². The number of rotatable bonds is 0. The molecule has 0 fully saturated rings. The lowest BCUT2D eigenvalue weighted by molar-refractivity contribution is 0.399. The summed E-state index contributed by atoms with van der Waals surface area (Å²) in [6.45, 7) is 1.93. The van der Waals surface area contributed by atoms with Crippen LogP contribution in [0.25, 0.3) is 0 Å². The van der Waals surface area contributed by atoms with Crippen LogP contribution in [0.5, 0.6) is 5.75 Å². The third kappa shape index (κ3) is 1.11. The Balaban J connectivity index is 2.03. The average molecular weight is 185 g/mol. The highest BCUT2D eigenvalue weighted by atomic mass is 16.5. The summed E-state index contributed by atoms with van der Waals surface area (Å²) in [7, 11) is 0. The second-order valence-electron chi connectivity index (χ2n) is 3.55. The quantitative estimate of drug-likeness (QED) is 0.615. The van der Waals surface area contributed by atoms with Gasteiger partial charge in [0.05, 0.1) is 5.70 Å². The van der Waals surface area contributed by atoms with Gasteiger partial charge in [-0.15, -0.1) is 0 Å². The molecule has 1 aromatic rings. The minimum atomic E-state index is 0.939. The van der Waals surface area contributed by atoms with Gasteiger partial charge in [0.25, 0.3) is 0 Å². The van der Waals surface area contributed by atoms with E-state index in [-0.39, 0.29) is 0 Å². The average Bonchev–Trinajstić information content (AvgIpc) is 2.58. The van der Waals surface area contributed by atoms with Gasteiger partial charge in [0.2, 0.25) is 0 Å². The standard InChI is InChI=1S/C12H11NO/c1-2-6-12-10(4-1)8-13-7-3-5-11(13)9-14-12/h1-6,9H,7-8H2. The van der Waals surface area contributed by atoms with Gasteiger partial charge in [-0.2, -0.15) is 0 Å². The molecule has 2 aliphatic rings. The highest BCUT2D eigenvalue weighted by Crippen LogP contribution is 2.27. The summed E-state index contributed by atoms with van der Waals surface area (Å²) in [5, 5.41) is 0. The fourth-order valence-corrected chi connectivity index (χ4v) is 1.86. The Kier molecular flexibility index (Phi) is 1.60. The molecule has 0 unspecified atom stereocenters. The van der Waals surface area contributed by atoms with Gasteiger partial charge in [-0.1, -0.05) is 24.3 Å². The number of para-hydroxylation sites is 1. The summed E-state index contributed by atoms with van der Waals surface area (Å²) in [5.41, 5.74) is 2.42. The summed E-state index contributed by atoms with van der Waals surface area (Å²) in [6.07, 6.45) is 6.09. The number of allylic oxidation sites excluding steroid dienone is 1. The van der Waals surface area contributed by atoms with Crippen LogP contribution in [0.1, 0.15) is 5.56 Å². The van der Waals surface area contributed by atoms with Gasteiger partial charge in [0.15, 0.2) is 0 Å². The third-order valence-corrected chi connectivity index (χ3v) is 2.62. The second-order valence-corrected chi connectivity index (χ2v) is 3.55. The van der Waals surface area contributed by atoms with Gasteiger partial charge in [0.1, 0.15) is 12.0 Å². The molecule has 0 radical (unpaired) electrons. The normalized spacial score (nSPS) is 18.0. The van der Waals surface area contributed by atoms with Crippen LogP contribution in [-0.4, -0.2) is 11.4 Å². The first-order valence-corrected chi connectivity index (χ1v) is 4.80. The fourth-order valence-electron chi connectivity index (χ4n) is 1.86. The number of fused-ring (bicyclic) bond motifs is 2. The summed E-state index contributed by atoms with van der Waals surface area (Å²) >= 11 is 0. The maximum absolute atomic E-state index is 5.61. The largest absolute Gasteiger partial charge is 0.462 e. The van der Waals surface area contributed by atoms with Crippen LogP contribution in [0.15, 0.2) is 48.4 Å². The first kappa shape index (κ1) is 7.68. The van der Waals surface area contributed by atoms with E-state index in [0.29, 0.717) is 0 Å². The van der Waals surface area contributed by atoms with E-state index in [1.807, 2.05) is 18.4 Å². The summed E-state index contributed by atoms with van der Waals surface area (Å²) < 4.78 is 5.61. The Morgan fingerprint density at radius 1 is 1.21 bits per heavy atom. The lowest BCUT2D eigenvalue weighted by Gasteiger charge is -2.17. The van der Waals surface area contributed by atoms with E-state index in [1.54, 1.807) is 0 Å². The fraction of sp³-hybridized carbons (Fsp3) is 0.167. The van der Waals surface area contributed by atoms with Crippen LogP contribution in [0.2, 0.25) is 0 Å². The molecule has 0 atom stereocenters. The van der Waals surface area contributed by atoms with Gasteiger partial charge >= 0.3 is 0 Å². The monoisotopic (exact) mass is 185 g/mol. The van der Waals surface area contributed by atoms with E-state index in [1.165, 1.54) is 11.3 Å². The van der Waals surface area contributed by atoms with Crippen molar-refractivity contribution in [2.24, 2.45) is 0 Å². The number of benzene rings is 1. The summed E-state index contributed by atoms with van der Waals surface area (Å²) in [6, 6.07) is 8.18. The molecule has 0 amide bonds. The molecule has 2 aliphatic heterocycles. The summed E-state index contributed by atoms with van der Waals surface area (Å²) in [4.78, 5) is 2.30. The highest BCUT2D eigenvalue weighted by molar-refractivity contribution is 5.38. The molecule has 0 bridgehead atoms. The van der Waals surface area contributed by atoms with E-state index < -0.39 is 0 Å².